The molecule has 1 unspecified atom stereocenters. The van der Waals surface area contributed by atoms with Crippen molar-refractivity contribution in [1.29, 1.82) is 0 Å². The largest absolute Gasteiger partial charge is 0.486 e. The normalized spacial score (nSPS) is 15.1. The van der Waals surface area contributed by atoms with Crippen LogP contribution in [0.25, 0.3) is 0 Å². The van der Waals surface area contributed by atoms with Crippen LogP contribution in [0.5, 0.6) is 11.5 Å². The predicted molar refractivity (Wildman–Crippen MR) is 78.4 cm³/mol. The van der Waals surface area contributed by atoms with E-state index in [9.17, 15) is 0 Å². The molecule has 106 valence electrons. The number of anilines is 1. The molecule has 1 heterocycles. The summed E-state index contributed by atoms with van der Waals surface area (Å²) in [6.07, 6.45) is 1.16. The lowest BCUT2D eigenvalue weighted by Gasteiger charge is -2.22. The Morgan fingerprint density at radius 1 is 1.16 bits per heavy atom. The first kappa shape index (κ1) is 14.0. The van der Waals surface area contributed by atoms with Crippen molar-refractivity contribution >= 4 is 5.69 Å². The zero-order valence-corrected chi connectivity index (χ0v) is 12.1. The van der Waals surface area contributed by atoms with Crippen molar-refractivity contribution in [2.75, 3.05) is 38.7 Å². The van der Waals surface area contributed by atoms with Gasteiger partial charge in [-0.1, -0.05) is 13.3 Å². The van der Waals surface area contributed by atoms with Gasteiger partial charge < -0.3 is 20.1 Å². The summed E-state index contributed by atoms with van der Waals surface area (Å²) in [5.74, 6) is 2.34. The first-order chi connectivity index (χ1) is 9.24. The molecule has 0 aliphatic carbocycles. The number of hydrogen-bond acceptors (Lipinski definition) is 4. The van der Waals surface area contributed by atoms with Gasteiger partial charge in [0.25, 0.3) is 0 Å². The highest BCUT2D eigenvalue weighted by Gasteiger charge is 2.14. The molecule has 0 saturated carbocycles. The van der Waals surface area contributed by atoms with Gasteiger partial charge in [-0.25, -0.2) is 0 Å². The summed E-state index contributed by atoms with van der Waals surface area (Å²) < 4.78 is 11.2. The molecule has 0 amide bonds. The van der Waals surface area contributed by atoms with Gasteiger partial charge in [0.2, 0.25) is 0 Å². The van der Waals surface area contributed by atoms with Gasteiger partial charge in [0, 0.05) is 18.3 Å². The van der Waals surface area contributed by atoms with Crippen molar-refractivity contribution in [2.45, 2.75) is 20.3 Å². The van der Waals surface area contributed by atoms with Crippen molar-refractivity contribution in [3.05, 3.63) is 17.7 Å². The van der Waals surface area contributed by atoms with Gasteiger partial charge in [-0.2, -0.15) is 0 Å². The lowest BCUT2D eigenvalue weighted by atomic mass is 10.1. The molecular formula is C15H24N2O2. The molecule has 1 aliphatic heterocycles. The third-order valence-electron chi connectivity index (χ3n) is 3.54. The molecule has 0 radical (unpaired) electrons. The minimum atomic E-state index is 0.632. The van der Waals surface area contributed by atoms with Gasteiger partial charge in [-0.05, 0) is 38.1 Å². The second-order valence-corrected chi connectivity index (χ2v) is 5.02. The van der Waals surface area contributed by atoms with E-state index in [1.165, 1.54) is 5.56 Å². The number of hydrogen-bond donors (Lipinski definition) is 2. The highest BCUT2D eigenvalue weighted by molar-refractivity contribution is 5.60. The van der Waals surface area contributed by atoms with Crippen LogP contribution in [0.1, 0.15) is 18.9 Å². The first-order valence-electron chi connectivity index (χ1n) is 7.03. The van der Waals surface area contributed by atoms with Crippen LogP contribution < -0.4 is 20.1 Å². The number of benzene rings is 1. The van der Waals surface area contributed by atoms with E-state index in [-0.39, 0.29) is 0 Å². The Bertz CT molecular complexity index is 421. The molecule has 1 atom stereocenters. The van der Waals surface area contributed by atoms with E-state index in [0.29, 0.717) is 19.1 Å². The number of aryl methyl sites for hydroxylation is 1. The van der Waals surface area contributed by atoms with Gasteiger partial charge in [-0.15, -0.1) is 0 Å². The molecular weight excluding hydrogens is 240 g/mol. The van der Waals surface area contributed by atoms with Gasteiger partial charge in [0.15, 0.2) is 11.5 Å². The van der Waals surface area contributed by atoms with E-state index in [1.54, 1.807) is 0 Å². The van der Waals surface area contributed by atoms with Crippen molar-refractivity contribution in [2.24, 2.45) is 5.92 Å². The summed E-state index contributed by atoms with van der Waals surface area (Å²) in [6, 6.07) is 4.10. The third-order valence-corrected chi connectivity index (χ3v) is 3.54. The van der Waals surface area contributed by atoms with Gasteiger partial charge >= 0.3 is 0 Å². The lowest BCUT2D eigenvalue weighted by molar-refractivity contribution is 0.171. The summed E-state index contributed by atoms with van der Waals surface area (Å²) in [5, 5.41) is 6.76. The lowest BCUT2D eigenvalue weighted by Crippen LogP contribution is -2.25. The van der Waals surface area contributed by atoms with Crippen LogP contribution >= 0.6 is 0 Å². The standard InChI is InChI=1S/C15H24N2O2/c1-4-12(9-16-3)10-17-13-8-15-14(7-11(13)2)18-5-6-19-15/h7-8,12,16-17H,4-6,9-10H2,1-3H3. The summed E-state index contributed by atoms with van der Waals surface area (Å²) in [6.45, 7) is 7.59. The Labute approximate surface area is 115 Å². The van der Waals surface area contributed by atoms with E-state index in [4.69, 9.17) is 9.47 Å². The molecule has 1 aromatic carbocycles. The van der Waals surface area contributed by atoms with E-state index < -0.39 is 0 Å². The highest BCUT2D eigenvalue weighted by atomic mass is 16.6. The smallest absolute Gasteiger partial charge is 0.163 e. The number of nitrogens with one attached hydrogen (secondary N) is 2. The minimum Gasteiger partial charge on any atom is -0.486 e. The van der Waals surface area contributed by atoms with Crippen molar-refractivity contribution < 1.29 is 9.47 Å². The Balaban J connectivity index is 2.03. The second-order valence-electron chi connectivity index (χ2n) is 5.02. The maximum absolute atomic E-state index is 5.62. The summed E-state index contributed by atoms with van der Waals surface area (Å²) in [7, 11) is 2.00. The van der Waals surface area contributed by atoms with E-state index >= 15 is 0 Å². The monoisotopic (exact) mass is 264 g/mol. The average molecular weight is 264 g/mol. The third kappa shape index (κ3) is 3.53. The Hall–Kier alpha value is -1.42. The Morgan fingerprint density at radius 3 is 2.47 bits per heavy atom. The van der Waals surface area contributed by atoms with E-state index in [1.807, 2.05) is 7.05 Å². The number of rotatable bonds is 6. The van der Waals surface area contributed by atoms with Crippen molar-refractivity contribution in [3.63, 3.8) is 0 Å². The molecule has 4 nitrogen and oxygen atoms in total. The molecule has 0 spiro atoms. The van der Waals surface area contributed by atoms with Gasteiger partial charge in [0.1, 0.15) is 13.2 Å². The second kappa shape index (κ2) is 6.66. The minimum absolute atomic E-state index is 0.632. The van der Waals surface area contributed by atoms with Crippen molar-refractivity contribution in [3.8, 4) is 11.5 Å². The Kier molecular flexibility index (Phi) is 4.91. The van der Waals surface area contributed by atoms with Crippen LogP contribution in [0.2, 0.25) is 0 Å². The van der Waals surface area contributed by atoms with Crippen LogP contribution in [0.3, 0.4) is 0 Å². The van der Waals surface area contributed by atoms with Crippen LogP contribution in [0.15, 0.2) is 12.1 Å². The molecule has 1 aliphatic rings. The zero-order valence-electron chi connectivity index (χ0n) is 12.1. The van der Waals surface area contributed by atoms with Crippen molar-refractivity contribution in [1.82, 2.24) is 5.32 Å². The van der Waals surface area contributed by atoms with E-state index in [0.717, 1.165) is 36.7 Å². The SMILES string of the molecule is CCC(CNC)CNc1cc2c(cc1C)OCCO2. The molecule has 1 aromatic rings. The van der Waals surface area contributed by atoms with Gasteiger partial charge in [-0.3, -0.25) is 0 Å². The molecule has 2 N–H and O–H groups in total. The van der Waals surface area contributed by atoms with Gasteiger partial charge in [0.05, 0.1) is 0 Å². The highest BCUT2D eigenvalue weighted by Crippen LogP contribution is 2.35. The fourth-order valence-electron chi connectivity index (χ4n) is 2.28. The molecule has 0 bridgehead atoms. The van der Waals surface area contributed by atoms with Crippen LogP contribution in [-0.4, -0.2) is 33.4 Å². The fraction of sp³-hybridized carbons (Fsp3) is 0.600. The van der Waals surface area contributed by atoms with Crippen LogP contribution in [0, 0.1) is 12.8 Å². The van der Waals surface area contributed by atoms with Crippen LogP contribution in [-0.2, 0) is 0 Å². The fourth-order valence-corrected chi connectivity index (χ4v) is 2.28. The number of fused-ring (bicyclic) bond motifs is 1. The summed E-state index contributed by atoms with van der Waals surface area (Å²) >= 11 is 0. The molecule has 19 heavy (non-hydrogen) atoms. The molecule has 2 rings (SSSR count). The molecule has 0 saturated heterocycles. The summed E-state index contributed by atoms with van der Waals surface area (Å²) in [5.41, 5.74) is 2.34. The predicted octanol–water partition coefficient (Wildman–Crippen LogP) is 2.42. The zero-order chi connectivity index (χ0) is 13.7. The molecule has 4 heteroatoms. The van der Waals surface area contributed by atoms with Crippen LogP contribution in [0.4, 0.5) is 5.69 Å². The molecule has 0 fully saturated rings. The topological polar surface area (TPSA) is 42.5 Å². The maximum Gasteiger partial charge on any atom is 0.163 e. The Morgan fingerprint density at radius 2 is 1.84 bits per heavy atom. The molecule has 0 aromatic heterocycles. The maximum atomic E-state index is 5.62. The van der Waals surface area contributed by atoms with E-state index in [2.05, 4.69) is 36.6 Å². The number of ether oxygens (including phenoxy) is 2. The average Bonchev–Trinajstić information content (AvgIpc) is 2.43. The first-order valence-corrected chi connectivity index (χ1v) is 7.03. The quantitative estimate of drug-likeness (QED) is 0.828. The summed E-state index contributed by atoms with van der Waals surface area (Å²) in [4.78, 5) is 0.